The van der Waals surface area contributed by atoms with E-state index in [1.54, 1.807) is 7.11 Å². The van der Waals surface area contributed by atoms with Crippen LogP contribution in [-0.2, 0) is 24.8 Å². The zero-order chi connectivity index (χ0) is 30.6. The van der Waals surface area contributed by atoms with Crippen molar-refractivity contribution in [1.29, 1.82) is 0 Å². The van der Waals surface area contributed by atoms with Gasteiger partial charge in [0.2, 0.25) is 5.91 Å². The lowest BCUT2D eigenvalue weighted by molar-refractivity contribution is -0.117. The molecule has 0 radical (unpaired) electrons. The van der Waals surface area contributed by atoms with Crippen LogP contribution in [-0.4, -0.2) is 55.5 Å². The monoisotopic (exact) mass is 600 g/mol. The number of pyridine rings is 1. The Morgan fingerprint density at radius 1 is 1.02 bits per heavy atom. The number of amides is 2. The van der Waals surface area contributed by atoms with Gasteiger partial charge in [-0.3, -0.25) is 9.59 Å². The van der Waals surface area contributed by atoms with Gasteiger partial charge in [-0.2, -0.15) is 0 Å². The molecule has 4 heterocycles. The molecule has 2 amide bonds. The number of imidazole rings is 1. The van der Waals surface area contributed by atoms with E-state index < -0.39 is 0 Å². The molecule has 0 bridgehead atoms. The van der Waals surface area contributed by atoms with Crippen LogP contribution in [0.25, 0.3) is 44.8 Å². The van der Waals surface area contributed by atoms with Crippen molar-refractivity contribution in [3.05, 3.63) is 65.7 Å². The first-order valence-electron chi connectivity index (χ1n) is 16.1. The molecular weight excluding hydrogens is 564 g/mol. The van der Waals surface area contributed by atoms with E-state index in [2.05, 4.69) is 26.2 Å². The molecule has 4 fully saturated rings. The number of hydrogen-bond acceptors (Lipinski definition) is 5. The average Bonchev–Trinajstić information content (AvgIpc) is 3.69. The van der Waals surface area contributed by atoms with Gasteiger partial charge in [0.15, 0.2) is 5.82 Å². The molecule has 3 unspecified atom stereocenters. The Labute approximate surface area is 261 Å². The topological polar surface area (TPSA) is 108 Å². The number of aromatic nitrogens is 4. The summed E-state index contributed by atoms with van der Waals surface area (Å²) in [6, 6.07) is 18.4. The van der Waals surface area contributed by atoms with Crippen LogP contribution in [0.5, 0.6) is 5.75 Å². The summed E-state index contributed by atoms with van der Waals surface area (Å²) >= 11 is 0. The van der Waals surface area contributed by atoms with Crippen molar-refractivity contribution in [2.24, 2.45) is 36.5 Å². The maximum atomic E-state index is 13.8. The third-order valence-electron chi connectivity index (χ3n) is 10.9. The Morgan fingerprint density at radius 3 is 2.64 bits per heavy atom. The number of carbonyl (C=O) groups excluding carboxylic acids is 2. The third kappa shape index (κ3) is 4.12. The normalized spacial score (nSPS) is 23.2. The number of benzene rings is 2. The molecular formula is C36H36N6O3. The number of ether oxygens (including phenoxy) is 1. The molecule has 2 aromatic carbocycles. The van der Waals surface area contributed by atoms with E-state index in [9.17, 15) is 9.59 Å². The SMILES string of the molecule is COc1cc(C(=O)N2CC3CC4CC2[C@H]43)cc2nc(-c3cc4ccc(-c5cccc(CC(N)=O)c5)nc4n3CC3CC3)n(C)c12. The highest BCUT2D eigenvalue weighted by atomic mass is 16.5. The van der Waals surface area contributed by atoms with Crippen molar-refractivity contribution in [2.45, 2.75) is 44.7 Å². The minimum atomic E-state index is -0.353. The van der Waals surface area contributed by atoms with Crippen LogP contribution in [0.1, 0.15) is 41.6 Å². The standard InChI is InChI=1S/C36H36N6O3/c1-40-33-27(13-24(16-30(33)45-2)36(44)42-18-25-12-23-15-28(42)32(23)25)39-35(40)29-14-22-8-9-26(38-34(22)41(29)17-19-6-7-19)21-5-3-4-20(10-21)11-31(37)43/h3-5,8-10,13-14,16,19,23,25,28,32H,6-7,11-12,15,17-18H2,1-2H3,(H2,37,43)/t23?,25?,28?,32-/m1/s1. The smallest absolute Gasteiger partial charge is 0.254 e. The van der Waals surface area contributed by atoms with Gasteiger partial charge in [-0.1, -0.05) is 18.2 Å². The van der Waals surface area contributed by atoms with Crippen molar-refractivity contribution in [2.75, 3.05) is 13.7 Å². The van der Waals surface area contributed by atoms with E-state index in [0.717, 1.165) is 81.8 Å². The number of aryl methyl sites for hydroxylation is 1. The molecule has 1 aliphatic heterocycles. The maximum Gasteiger partial charge on any atom is 0.254 e. The first-order valence-corrected chi connectivity index (χ1v) is 16.1. The Kier molecular flexibility index (Phi) is 5.74. The highest BCUT2D eigenvalue weighted by Crippen LogP contribution is 2.60. The van der Waals surface area contributed by atoms with Gasteiger partial charge in [0.05, 0.1) is 30.4 Å². The molecule has 228 valence electrons. The van der Waals surface area contributed by atoms with Crippen molar-refractivity contribution in [1.82, 2.24) is 24.0 Å². The van der Waals surface area contributed by atoms with E-state index in [4.69, 9.17) is 20.4 Å². The van der Waals surface area contributed by atoms with Gasteiger partial charge < -0.3 is 24.5 Å². The minimum absolute atomic E-state index is 0.0970. The molecule has 9 nitrogen and oxygen atoms in total. The number of hydrogen-bond donors (Lipinski definition) is 1. The number of likely N-dealkylation sites (tertiary alicyclic amines) is 1. The van der Waals surface area contributed by atoms with E-state index in [1.807, 2.05) is 49.5 Å². The molecule has 3 aromatic heterocycles. The fourth-order valence-electron chi connectivity index (χ4n) is 8.44. The molecule has 4 aliphatic rings. The van der Waals surface area contributed by atoms with Gasteiger partial charge in [-0.05, 0) is 91.3 Å². The Balaban J connectivity index is 1.13. The summed E-state index contributed by atoms with van der Waals surface area (Å²) < 4.78 is 10.3. The number of rotatable bonds is 8. The van der Waals surface area contributed by atoms with Crippen LogP contribution in [0.15, 0.2) is 54.6 Å². The van der Waals surface area contributed by atoms with E-state index in [1.165, 1.54) is 19.3 Å². The zero-order valence-electron chi connectivity index (χ0n) is 25.6. The summed E-state index contributed by atoms with van der Waals surface area (Å²) in [7, 11) is 3.68. The largest absolute Gasteiger partial charge is 0.494 e. The summed E-state index contributed by atoms with van der Waals surface area (Å²) in [5, 5.41) is 1.04. The van der Waals surface area contributed by atoms with Gasteiger partial charge in [0, 0.05) is 42.7 Å². The van der Waals surface area contributed by atoms with Gasteiger partial charge in [-0.15, -0.1) is 0 Å². The summed E-state index contributed by atoms with van der Waals surface area (Å²) in [6.07, 6.45) is 5.04. The lowest BCUT2D eigenvalue weighted by Crippen LogP contribution is -2.53. The maximum absolute atomic E-state index is 13.8. The molecule has 2 N–H and O–H groups in total. The Hall–Kier alpha value is -4.66. The van der Waals surface area contributed by atoms with Crippen molar-refractivity contribution >= 4 is 33.9 Å². The molecule has 9 heteroatoms. The number of nitrogens with zero attached hydrogens (tertiary/aromatic N) is 5. The third-order valence-corrected chi connectivity index (χ3v) is 10.9. The molecule has 1 saturated heterocycles. The quantitative estimate of drug-likeness (QED) is 0.264. The van der Waals surface area contributed by atoms with E-state index in [-0.39, 0.29) is 18.2 Å². The first kappa shape index (κ1) is 26.7. The highest BCUT2D eigenvalue weighted by molar-refractivity contribution is 6.00. The van der Waals surface area contributed by atoms with Gasteiger partial charge in [0.1, 0.15) is 16.9 Å². The zero-order valence-corrected chi connectivity index (χ0v) is 25.6. The fraction of sp³-hybridized carbons (Fsp3) is 0.389. The molecule has 9 rings (SSSR count). The van der Waals surface area contributed by atoms with Gasteiger partial charge in [0.25, 0.3) is 5.91 Å². The van der Waals surface area contributed by atoms with Crippen LogP contribution in [0.3, 0.4) is 0 Å². The number of fused-ring (bicyclic) bond motifs is 2. The molecule has 0 spiro atoms. The summed E-state index contributed by atoms with van der Waals surface area (Å²) in [5.74, 6) is 4.08. The average molecular weight is 601 g/mol. The number of primary amides is 1. The van der Waals surface area contributed by atoms with Crippen LogP contribution >= 0.6 is 0 Å². The lowest BCUT2D eigenvalue weighted by Gasteiger charge is -2.52. The second kappa shape index (κ2) is 9.67. The van der Waals surface area contributed by atoms with E-state index in [0.29, 0.717) is 29.2 Å². The summed E-state index contributed by atoms with van der Waals surface area (Å²) in [6.45, 7) is 1.74. The van der Waals surface area contributed by atoms with Crippen LogP contribution in [0.4, 0.5) is 0 Å². The predicted octanol–water partition coefficient (Wildman–Crippen LogP) is 5.18. The highest BCUT2D eigenvalue weighted by Gasteiger charge is 2.61. The van der Waals surface area contributed by atoms with Crippen molar-refractivity contribution in [3.63, 3.8) is 0 Å². The van der Waals surface area contributed by atoms with Gasteiger partial charge in [-0.25, -0.2) is 9.97 Å². The van der Waals surface area contributed by atoms with Crippen molar-refractivity contribution < 1.29 is 14.3 Å². The minimum Gasteiger partial charge on any atom is -0.494 e. The fourth-order valence-corrected chi connectivity index (χ4v) is 8.44. The number of methoxy groups -OCH3 is 1. The van der Waals surface area contributed by atoms with E-state index >= 15 is 0 Å². The lowest BCUT2D eigenvalue weighted by atomic mass is 9.53. The molecule has 3 aliphatic carbocycles. The van der Waals surface area contributed by atoms with Gasteiger partial charge >= 0.3 is 0 Å². The van der Waals surface area contributed by atoms with Crippen LogP contribution in [0, 0.1) is 23.7 Å². The molecule has 45 heavy (non-hydrogen) atoms. The molecule has 5 aromatic rings. The second-order valence-corrected chi connectivity index (χ2v) is 13.7. The molecule has 3 saturated carbocycles. The summed E-state index contributed by atoms with van der Waals surface area (Å²) in [4.78, 5) is 37.8. The van der Waals surface area contributed by atoms with Crippen molar-refractivity contribution in [3.8, 4) is 28.5 Å². The molecule has 4 atom stereocenters. The summed E-state index contributed by atoms with van der Waals surface area (Å²) in [5.41, 5.74) is 12.3. The Morgan fingerprint density at radius 2 is 1.89 bits per heavy atom. The van der Waals surface area contributed by atoms with Crippen LogP contribution < -0.4 is 10.5 Å². The number of nitrogens with two attached hydrogens (primary N) is 1. The number of carbonyl (C=O) groups is 2. The first-order chi connectivity index (χ1) is 21.9. The Bertz CT molecular complexity index is 2050. The van der Waals surface area contributed by atoms with Crippen LogP contribution in [0.2, 0.25) is 0 Å². The predicted molar refractivity (Wildman–Crippen MR) is 172 cm³/mol. The second-order valence-electron chi connectivity index (χ2n) is 13.7.